The molecule has 0 aliphatic heterocycles. The van der Waals surface area contributed by atoms with Crippen molar-refractivity contribution in [3.8, 4) is 11.4 Å². The molecule has 0 unspecified atom stereocenters. The van der Waals surface area contributed by atoms with Crippen molar-refractivity contribution < 1.29 is 0 Å². The van der Waals surface area contributed by atoms with E-state index in [0.29, 0.717) is 6.04 Å². The minimum absolute atomic E-state index is 0.692. The summed E-state index contributed by atoms with van der Waals surface area (Å²) in [6.45, 7) is 3.91. The Bertz CT molecular complexity index is 573. The predicted molar refractivity (Wildman–Crippen MR) is 78.2 cm³/mol. The third-order valence-corrected chi connectivity index (χ3v) is 3.76. The summed E-state index contributed by atoms with van der Waals surface area (Å²) in [5.41, 5.74) is 2.39. The van der Waals surface area contributed by atoms with E-state index in [9.17, 15) is 0 Å². The highest BCUT2D eigenvalue weighted by Crippen LogP contribution is 2.27. The summed E-state index contributed by atoms with van der Waals surface area (Å²) in [7, 11) is 0. The Morgan fingerprint density at radius 1 is 1.42 bits per heavy atom. The monoisotopic (exact) mass is 275 g/mol. The van der Waals surface area contributed by atoms with Gasteiger partial charge in [-0.2, -0.15) is 0 Å². The summed E-state index contributed by atoms with van der Waals surface area (Å²) in [5.74, 6) is 1.02. The van der Waals surface area contributed by atoms with Crippen LogP contribution in [0.4, 0.5) is 0 Å². The van der Waals surface area contributed by atoms with Crippen LogP contribution in [0.1, 0.15) is 25.3 Å². The Kier molecular flexibility index (Phi) is 3.58. The standard InChI is InChI=1S/C15H18ClN3/c1-2-19-8-7-17-15(19)14-6-3-12(16)9-11(14)10-18-13-4-5-13/h3,6-9,13,18H,2,4-5,10H2,1H3. The van der Waals surface area contributed by atoms with Gasteiger partial charge in [-0.05, 0) is 43.5 Å². The van der Waals surface area contributed by atoms with Gasteiger partial charge in [0, 0.05) is 42.1 Å². The minimum Gasteiger partial charge on any atom is -0.331 e. The molecule has 1 heterocycles. The van der Waals surface area contributed by atoms with E-state index >= 15 is 0 Å². The number of hydrogen-bond donors (Lipinski definition) is 1. The van der Waals surface area contributed by atoms with E-state index in [1.807, 2.05) is 24.5 Å². The highest BCUT2D eigenvalue weighted by atomic mass is 35.5. The predicted octanol–water partition coefficient (Wildman–Crippen LogP) is 3.48. The number of aromatic nitrogens is 2. The number of nitrogens with zero attached hydrogens (tertiary/aromatic N) is 2. The van der Waals surface area contributed by atoms with Gasteiger partial charge in [-0.15, -0.1) is 0 Å². The Morgan fingerprint density at radius 3 is 3.00 bits per heavy atom. The molecule has 1 fully saturated rings. The average molecular weight is 276 g/mol. The van der Waals surface area contributed by atoms with Gasteiger partial charge in [-0.1, -0.05) is 11.6 Å². The lowest BCUT2D eigenvalue weighted by Crippen LogP contribution is -2.16. The summed E-state index contributed by atoms with van der Waals surface area (Å²) < 4.78 is 2.16. The zero-order valence-electron chi connectivity index (χ0n) is 11.1. The summed E-state index contributed by atoms with van der Waals surface area (Å²) in [4.78, 5) is 4.48. The van der Waals surface area contributed by atoms with Gasteiger partial charge >= 0.3 is 0 Å². The fourth-order valence-corrected chi connectivity index (χ4v) is 2.47. The van der Waals surface area contributed by atoms with E-state index in [-0.39, 0.29) is 0 Å². The van der Waals surface area contributed by atoms with Gasteiger partial charge in [0.15, 0.2) is 0 Å². The van der Waals surface area contributed by atoms with Gasteiger partial charge in [0.25, 0.3) is 0 Å². The molecule has 1 aromatic carbocycles. The first-order valence-corrected chi connectivity index (χ1v) is 7.19. The maximum atomic E-state index is 6.13. The molecule has 3 rings (SSSR count). The van der Waals surface area contributed by atoms with Crippen LogP contribution in [-0.4, -0.2) is 15.6 Å². The third kappa shape index (κ3) is 2.82. The van der Waals surface area contributed by atoms with Crippen molar-refractivity contribution in [3.63, 3.8) is 0 Å². The average Bonchev–Trinajstić information content (AvgIpc) is 3.13. The number of benzene rings is 1. The van der Waals surface area contributed by atoms with E-state index in [1.54, 1.807) is 0 Å². The van der Waals surface area contributed by atoms with E-state index in [4.69, 9.17) is 11.6 Å². The summed E-state index contributed by atoms with van der Waals surface area (Å²) in [5, 5.41) is 4.33. The number of halogens is 1. The first kappa shape index (κ1) is 12.7. The van der Waals surface area contributed by atoms with Crippen molar-refractivity contribution in [2.75, 3.05) is 0 Å². The zero-order chi connectivity index (χ0) is 13.2. The molecular weight excluding hydrogens is 258 g/mol. The van der Waals surface area contributed by atoms with E-state index in [2.05, 4.69) is 27.9 Å². The van der Waals surface area contributed by atoms with E-state index in [1.165, 1.54) is 24.0 Å². The van der Waals surface area contributed by atoms with Crippen molar-refractivity contribution in [2.45, 2.75) is 38.9 Å². The first-order chi connectivity index (χ1) is 9.28. The topological polar surface area (TPSA) is 29.9 Å². The Labute approximate surface area is 118 Å². The maximum absolute atomic E-state index is 6.13. The summed E-state index contributed by atoms with van der Waals surface area (Å²) >= 11 is 6.13. The van der Waals surface area contributed by atoms with Crippen LogP contribution in [0.2, 0.25) is 5.02 Å². The molecule has 0 atom stereocenters. The Balaban J connectivity index is 1.94. The Hall–Kier alpha value is -1.32. The number of aryl methyl sites for hydroxylation is 1. The highest BCUT2D eigenvalue weighted by molar-refractivity contribution is 6.30. The van der Waals surface area contributed by atoms with Gasteiger partial charge in [0.2, 0.25) is 0 Å². The molecule has 1 aliphatic carbocycles. The molecular formula is C15H18ClN3. The lowest BCUT2D eigenvalue weighted by Gasteiger charge is -2.12. The van der Waals surface area contributed by atoms with Gasteiger partial charge < -0.3 is 9.88 Å². The molecule has 3 nitrogen and oxygen atoms in total. The van der Waals surface area contributed by atoms with Gasteiger partial charge in [-0.25, -0.2) is 4.98 Å². The second-order valence-electron chi connectivity index (χ2n) is 4.99. The quantitative estimate of drug-likeness (QED) is 0.905. The Morgan fingerprint density at radius 2 is 2.26 bits per heavy atom. The van der Waals surface area contributed by atoms with Crippen molar-refractivity contribution in [2.24, 2.45) is 0 Å². The van der Waals surface area contributed by atoms with Crippen LogP contribution >= 0.6 is 11.6 Å². The second kappa shape index (κ2) is 5.35. The fourth-order valence-electron chi connectivity index (χ4n) is 2.28. The van der Waals surface area contributed by atoms with Crippen molar-refractivity contribution in [1.82, 2.24) is 14.9 Å². The van der Waals surface area contributed by atoms with Crippen LogP contribution in [0.5, 0.6) is 0 Å². The fraction of sp³-hybridized carbons (Fsp3) is 0.400. The van der Waals surface area contributed by atoms with Gasteiger partial charge in [0.05, 0.1) is 0 Å². The van der Waals surface area contributed by atoms with Crippen LogP contribution < -0.4 is 5.32 Å². The zero-order valence-corrected chi connectivity index (χ0v) is 11.8. The third-order valence-electron chi connectivity index (χ3n) is 3.52. The number of rotatable bonds is 5. The van der Waals surface area contributed by atoms with E-state index in [0.717, 1.165) is 23.9 Å². The molecule has 0 spiro atoms. The molecule has 2 aromatic rings. The molecule has 0 saturated heterocycles. The largest absolute Gasteiger partial charge is 0.331 e. The molecule has 0 bridgehead atoms. The second-order valence-corrected chi connectivity index (χ2v) is 5.43. The number of nitrogens with one attached hydrogen (secondary N) is 1. The minimum atomic E-state index is 0.692. The first-order valence-electron chi connectivity index (χ1n) is 6.81. The molecule has 1 N–H and O–H groups in total. The van der Waals surface area contributed by atoms with Crippen molar-refractivity contribution in [3.05, 3.63) is 41.2 Å². The molecule has 1 aromatic heterocycles. The number of imidazole rings is 1. The maximum Gasteiger partial charge on any atom is 0.140 e. The molecule has 100 valence electrons. The van der Waals surface area contributed by atoms with Crippen LogP contribution in [0.25, 0.3) is 11.4 Å². The number of hydrogen-bond acceptors (Lipinski definition) is 2. The normalized spacial score (nSPS) is 14.8. The SMILES string of the molecule is CCn1ccnc1-c1ccc(Cl)cc1CNC1CC1. The van der Waals surface area contributed by atoms with E-state index < -0.39 is 0 Å². The van der Waals surface area contributed by atoms with Gasteiger partial charge in [0.1, 0.15) is 5.82 Å². The lowest BCUT2D eigenvalue weighted by molar-refractivity contribution is 0.687. The summed E-state index contributed by atoms with van der Waals surface area (Å²) in [6, 6.07) is 6.74. The molecule has 19 heavy (non-hydrogen) atoms. The molecule has 1 saturated carbocycles. The highest BCUT2D eigenvalue weighted by Gasteiger charge is 2.21. The molecule has 1 aliphatic rings. The molecule has 4 heteroatoms. The van der Waals surface area contributed by atoms with Crippen molar-refractivity contribution >= 4 is 11.6 Å². The summed E-state index contributed by atoms with van der Waals surface area (Å²) in [6.07, 6.45) is 6.45. The van der Waals surface area contributed by atoms with Crippen LogP contribution in [-0.2, 0) is 13.1 Å². The lowest BCUT2D eigenvalue weighted by atomic mass is 10.1. The smallest absolute Gasteiger partial charge is 0.140 e. The molecule has 0 radical (unpaired) electrons. The van der Waals surface area contributed by atoms with Crippen LogP contribution in [0.15, 0.2) is 30.6 Å². The van der Waals surface area contributed by atoms with Gasteiger partial charge in [-0.3, -0.25) is 0 Å². The van der Waals surface area contributed by atoms with Crippen molar-refractivity contribution in [1.29, 1.82) is 0 Å². The molecule has 0 amide bonds. The van der Waals surface area contributed by atoms with Crippen LogP contribution in [0.3, 0.4) is 0 Å². The van der Waals surface area contributed by atoms with Crippen LogP contribution in [0, 0.1) is 0 Å².